The minimum Gasteiger partial charge on any atom is -0.394 e. The lowest BCUT2D eigenvalue weighted by molar-refractivity contribution is 0.235. The van der Waals surface area contributed by atoms with E-state index >= 15 is 0 Å². The average molecular weight is 338 g/mol. The highest BCUT2D eigenvalue weighted by atomic mass is 35.5. The third-order valence-electron chi connectivity index (χ3n) is 3.62. The third-order valence-corrected chi connectivity index (χ3v) is 4.81. The highest BCUT2D eigenvalue weighted by molar-refractivity contribution is 7.84. The van der Waals surface area contributed by atoms with Gasteiger partial charge in [0, 0.05) is 33.0 Å². The molecule has 3 atom stereocenters. The number of nitrogens with one attached hydrogen (secondary N) is 1. The van der Waals surface area contributed by atoms with Gasteiger partial charge in [-0.2, -0.15) is 0 Å². The molecule has 0 amide bonds. The van der Waals surface area contributed by atoms with E-state index in [4.69, 9.17) is 11.6 Å². The first-order valence-corrected chi connectivity index (χ1v) is 9.00. The summed E-state index contributed by atoms with van der Waals surface area (Å²) in [6.07, 6.45) is 1.67. The largest absolute Gasteiger partial charge is 0.394 e. The van der Waals surface area contributed by atoms with Gasteiger partial charge in [0.2, 0.25) is 0 Å². The quantitative estimate of drug-likeness (QED) is 0.848. The van der Waals surface area contributed by atoms with E-state index in [2.05, 4.69) is 5.32 Å². The van der Waals surface area contributed by atoms with E-state index in [-0.39, 0.29) is 18.7 Å². The molecule has 0 aliphatic rings. The average Bonchev–Trinajstić information content (AvgIpc) is 2.53. The lowest BCUT2D eigenvalue weighted by Gasteiger charge is -2.22. The van der Waals surface area contributed by atoms with Gasteiger partial charge in [0.15, 0.2) is 0 Å². The fraction of sp³-hybridized carbons (Fsp3) is 0.294. The van der Waals surface area contributed by atoms with Crippen LogP contribution in [-0.2, 0) is 10.8 Å². The van der Waals surface area contributed by atoms with Gasteiger partial charge in [-0.25, -0.2) is 0 Å². The molecule has 0 saturated carbocycles. The summed E-state index contributed by atoms with van der Waals surface area (Å²) >= 11 is 5.89. The molecule has 0 radical (unpaired) electrons. The first kappa shape index (κ1) is 17.2. The molecule has 2 rings (SSSR count). The molecular formula is C17H20ClNO2S. The monoisotopic (exact) mass is 337 g/mol. The van der Waals surface area contributed by atoms with Crippen molar-refractivity contribution in [1.82, 2.24) is 5.32 Å². The summed E-state index contributed by atoms with van der Waals surface area (Å²) in [6, 6.07) is 15.0. The van der Waals surface area contributed by atoms with E-state index in [1.54, 1.807) is 6.26 Å². The van der Waals surface area contributed by atoms with Crippen molar-refractivity contribution in [3.63, 3.8) is 0 Å². The molecule has 0 spiro atoms. The molecule has 118 valence electrons. The van der Waals surface area contributed by atoms with Crippen LogP contribution in [0.5, 0.6) is 0 Å². The molecule has 22 heavy (non-hydrogen) atoms. The lowest BCUT2D eigenvalue weighted by Crippen LogP contribution is -2.27. The summed E-state index contributed by atoms with van der Waals surface area (Å²) in [6.45, 7) is 2.04. The maximum Gasteiger partial charge on any atom is 0.0626 e. The van der Waals surface area contributed by atoms with Crippen LogP contribution in [0.1, 0.15) is 30.1 Å². The van der Waals surface area contributed by atoms with Crippen LogP contribution in [0.15, 0.2) is 53.4 Å². The van der Waals surface area contributed by atoms with E-state index in [9.17, 15) is 9.32 Å². The normalized spacial score (nSPS) is 15.3. The number of hydrogen-bond acceptors (Lipinski definition) is 3. The zero-order chi connectivity index (χ0) is 16.1. The first-order chi connectivity index (χ1) is 10.5. The molecule has 0 bridgehead atoms. The van der Waals surface area contributed by atoms with Gasteiger partial charge in [-0.1, -0.05) is 35.9 Å². The van der Waals surface area contributed by atoms with Crippen LogP contribution in [0.25, 0.3) is 0 Å². The number of aliphatic hydroxyl groups is 1. The predicted molar refractivity (Wildman–Crippen MR) is 91.6 cm³/mol. The summed E-state index contributed by atoms with van der Waals surface area (Å²) in [5.74, 6) is 0. The van der Waals surface area contributed by atoms with Crippen molar-refractivity contribution in [2.45, 2.75) is 23.9 Å². The van der Waals surface area contributed by atoms with Gasteiger partial charge in [0.25, 0.3) is 0 Å². The Bertz CT molecular complexity index is 628. The molecule has 0 aliphatic carbocycles. The Hall–Kier alpha value is -1.20. The van der Waals surface area contributed by atoms with Crippen molar-refractivity contribution in [2.75, 3.05) is 12.9 Å². The van der Waals surface area contributed by atoms with Crippen molar-refractivity contribution in [3.8, 4) is 0 Å². The summed E-state index contributed by atoms with van der Waals surface area (Å²) < 4.78 is 11.4. The zero-order valence-electron chi connectivity index (χ0n) is 12.6. The van der Waals surface area contributed by atoms with Crippen molar-refractivity contribution in [2.24, 2.45) is 0 Å². The van der Waals surface area contributed by atoms with Crippen LogP contribution < -0.4 is 5.32 Å². The highest BCUT2D eigenvalue weighted by Crippen LogP contribution is 2.21. The van der Waals surface area contributed by atoms with Gasteiger partial charge in [-0.05, 0) is 42.3 Å². The smallest absolute Gasteiger partial charge is 0.0626 e. The topological polar surface area (TPSA) is 49.3 Å². The van der Waals surface area contributed by atoms with Crippen molar-refractivity contribution < 1.29 is 9.32 Å². The van der Waals surface area contributed by atoms with Gasteiger partial charge >= 0.3 is 0 Å². The zero-order valence-corrected chi connectivity index (χ0v) is 14.2. The second kappa shape index (κ2) is 7.88. The number of aliphatic hydroxyl groups excluding tert-OH is 1. The molecular weight excluding hydrogens is 318 g/mol. The SMILES string of the molecule is CC(NC(CO)c1ccc(Cl)cc1)c1ccc(S(C)=O)cc1. The van der Waals surface area contributed by atoms with Crippen LogP contribution in [-0.4, -0.2) is 22.2 Å². The summed E-state index contributed by atoms with van der Waals surface area (Å²) in [7, 11) is -0.968. The number of benzene rings is 2. The molecule has 0 saturated heterocycles. The molecule has 3 nitrogen and oxygen atoms in total. The molecule has 2 aromatic rings. The fourth-order valence-corrected chi connectivity index (χ4v) is 2.94. The van der Waals surface area contributed by atoms with Crippen molar-refractivity contribution in [1.29, 1.82) is 0 Å². The second-order valence-corrected chi connectivity index (χ2v) is 7.01. The number of hydrogen-bond donors (Lipinski definition) is 2. The van der Waals surface area contributed by atoms with E-state index in [0.29, 0.717) is 5.02 Å². The minimum atomic E-state index is -0.968. The second-order valence-electron chi connectivity index (χ2n) is 5.20. The molecule has 2 N–H and O–H groups in total. The van der Waals surface area contributed by atoms with E-state index in [1.807, 2.05) is 55.5 Å². The maximum absolute atomic E-state index is 11.4. The molecule has 2 aromatic carbocycles. The van der Waals surface area contributed by atoms with Gasteiger partial charge in [-0.15, -0.1) is 0 Å². The predicted octanol–water partition coefficient (Wildman–Crippen LogP) is 3.46. The Kier molecular flexibility index (Phi) is 6.15. The Morgan fingerprint density at radius 3 is 2.14 bits per heavy atom. The van der Waals surface area contributed by atoms with E-state index < -0.39 is 10.8 Å². The van der Waals surface area contributed by atoms with Gasteiger partial charge in [0.1, 0.15) is 0 Å². The Labute approximate surface area is 138 Å². The molecule has 5 heteroatoms. The minimum absolute atomic E-state index is 0.00301. The standard InChI is InChI=1S/C17H20ClNO2S/c1-12(13-5-9-16(10-6-13)22(2)21)19-17(11-20)14-3-7-15(18)8-4-14/h3-10,12,17,19-20H,11H2,1-2H3. The summed E-state index contributed by atoms with van der Waals surface area (Å²) in [5, 5.41) is 13.7. The van der Waals surface area contributed by atoms with Crippen molar-refractivity contribution in [3.05, 3.63) is 64.7 Å². The maximum atomic E-state index is 11.4. The lowest BCUT2D eigenvalue weighted by atomic mass is 10.0. The van der Waals surface area contributed by atoms with Crippen LogP contribution in [0.2, 0.25) is 5.02 Å². The summed E-state index contributed by atoms with van der Waals surface area (Å²) in [5.41, 5.74) is 2.08. The Morgan fingerprint density at radius 1 is 1.09 bits per heavy atom. The van der Waals surface area contributed by atoms with Crippen LogP contribution in [0.4, 0.5) is 0 Å². The molecule has 3 unspecified atom stereocenters. The third kappa shape index (κ3) is 4.40. The number of rotatable bonds is 6. The van der Waals surface area contributed by atoms with E-state index in [0.717, 1.165) is 16.0 Å². The van der Waals surface area contributed by atoms with Crippen LogP contribution in [0.3, 0.4) is 0 Å². The Balaban J connectivity index is 2.09. The molecule has 0 aromatic heterocycles. The molecule has 0 fully saturated rings. The summed E-state index contributed by atoms with van der Waals surface area (Å²) in [4.78, 5) is 0.812. The van der Waals surface area contributed by atoms with E-state index in [1.165, 1.54) is 0 Å². The van der Waals surface area contributed by atoms with Gasteiger partial charge in [-0.3, -0.25) is 4.21 Å². The van der Waals surface area contributed by atoms with Crippen molar-refractivity contribution >= 4 is 22.4 Å². The first-order valence-electron chi connectivity index (χ1n) is 7.07. The highest BCUT2D eigenvalue weighted by Gasteiger charge is 2.14. The van der Waals surface area contributed by atoms with Crippen LogP contribution in [0, 0.1) is 0 Å². The van der Waals surface area contributed by atoms with Crippen LogP contribution >= 0.6 is 11.6 Å². The van der Waals surface area contributed by atoms with Gasteiger partial charge < -0.3 is 10.4 Å². The number of halogens is 1. The fourth-order valence-electron chi connectivity index (χ4n) is 2.30. The van der Waals surface area contributed by atoms with Gasteiger partial charge in [0.05, 0.1) is 12.6 Å². The molecule has 0 heterocycles. The Morgan fingerprint density at radius 2 is 1.64 bits per heavy atom. The molecule has 0 aliphatic heterocycles.